The summed E-state index contributed by atoms with van der Waals surface area (Å²) in [5.41, 5.74) is 6.48. The molecule has 0 aliphatic carbocycles. The van der Waals surface area contributed by atoms with Gasteiger partial charge in [-0.2, -0.15) is 4.98 Å². The Kier molecular flexibility index (Phi) is 4.19. The number of nitrogens with zero attached hydrogens (tertiary/aromatic N) is 3. The van der Waals surface area contributed by atoms with Crippen LogP contribution in [0, 0.1) is 5.92 Å². The maximum absolute atomic E-state index is 5.81. The SMILES string of the molecule is CC(C)Cc1noc(CSc2ccncc2N)n1. The number of nitrogens with two attached hydrogens (primary N) is 1. The maximum Gasteiger partial charge on any atom is 0.237 e. The van der Waals surface area contributed by atoms with Crippen LogP contribution < -0.4 is 5.73 Å². The van der Waals surface area contributed by atoms with Crippen LogP contribution in [0.1, 0.15) is 25.6 Å². The molecule has 0 aliphatic heterocycles. The second-order valence-electron chi connectivity index (χ2n) is 4.40. The van der Waals surface area contributed by atoms with E-state index in [1.54, 1.807) is 24.2 Å². The van der Waals surface area contributed by atoms with Gasteiger partial charge < -0.3 is 10.3 Å². The van der Waals surface area contributed by atoms with Crippen LogP contribution in [0.2, 0.25) is 0 Å². The van der Waals surface area contributed by atoms with E-state index in [-0.39, 0.29) is 0 Å². The summed E-state index contributed by atoms with van der Waals surface area (Å²) in [6.45, 7) is 4.25. The van der Waals surface area contributed by atoms with Crippen molar-refractivity contribution < 1.29 is 4.52 Å². The molecule has 2 rings (SSSR count). The number of hydrogen-bond donors (Lipinski definition) is 1. The maximum atomic E-state index is 5.81. The van der Waals surface area contributed by atoms with Crippen molar-refractivity contribution in [2.45, 2.75) is 30.9 Å². The van der Waals surface area contributed by atoms with E-state index >= 15 is 0 Å². The molecule has 0 spiro atoms. The fourth-order valence-electron chi connectivity index (χ4n) is 1.46. The third-order valence-electron chi connectivity index (χ3n) is 2.26. The lowest BCUT2D eigenvalue weighted by Gasteiger charge is -2.01. The predicted octanol–water partition coefficient (Wildman–Crippen LogP) is 2.54. The minimum Gasteiger partial charge on any atom is -0.397 e. The lowest BCUT2D eigenvalue weighted by atomic mass is 10.1. The molecule has 2 aromatic heterocycles. The van der Waals surface area contributed by atoms with Crippen LogP contribution in [0.5, 0.6) is 0 Å². The summed E-state index contributed by atoms with van der Waals surface area (Å²) in [6, 6.07) is 1.88. The Bertz CT molecular complexity index is 512. The molecule has 0 saturated heterocycles. The number of aromatic nitrogens is 3. The molecule has 2 heterocycles. The normalized spacial score (nSPS) is 11.1. The van der Waals surface area contributed by atoms with Gasteiger partial charge in [-0.25, -0.2) is 0 Å². The Labute approximate surface area is 110 Å². The Balaban J connectivity index is 1.94. The Morgan fingerprint density at radius 2 is 2.28 bits per heavy atom. The zero-order valence-electron chi connectivity index (χ0n) is 10.5. The highest BCUT2D eigenvalue weighted by Crippen LogP contribution is 2.26. The Morgan fingerprint density at radius 3 is 3.00 bits per heavy atom. The van der Waals surface area contributed by atoms with Crippen molar-refractivity contribution in [1.82, 2.24) is 15.1 Å². The van der Waals surface area contributed by atoms with E-state index in [2.05, 4.69) is 29.0 Å². The Morgan fingerprint density at radius 1 is 1.44 bits per heavy atom. The molecule has 0 unspecified atom stereocenters. The molecule has 0 aliphatic rings. The summed E-state index contributed by atoms with van der Waals surface area (Å²) in [4.78, 5) is 9.27. The number of anilines is 1. The van der Waals surface area contributed by atoms with Crippen LogP contribution in [0.15, 0.2) is 27.9 Å². The number of hydrogen-bond acceptors (Lipinski definition) is 6. The van der Waals surface area contributed by atoms with Crippen LogP contribution in [-0.2, 0) is 12.2 Å². The molecular formula is C12H16N4OS. The van der Waals surface area contributed by atoms with Crippen molar-refractivity contribution in [3.05, 3.63) is 30.2 Å². The first kappa shape index (κ1) is 12.9. The fraction of sp³-hybridized carbons (Fsp3) is 0.417. The van der Waals surface area contributed by atoms with Gasteiger partial charge in [-0.1, -0.05) is 19.0 Å². The van der Waals surface area contributed by atoms with E-state index in [4.69, 9.17) is 10.3 Å². The molecule has 2 aromatic rings. The quantitative estimate of drug-likeness (QED) is 0.836. The van der Waals surface area contributed by atoms with Gasteiger partial charge in [0.25, 0.3) is 0 Å². The van der Waals surface area contributed by atoms with Crippen molar-refractivity contribution in [2.24, 2.45) is 5.92 Å². The summed E-state index contributed by atoms with van der Waals surface area (Å²) in [6.07, 6.45) is 4.20. The van der Waals surface area contributed by atoms with Crippen LogP contribution in [0.3, 0.4) is 0 Å². The van der Waals surface area contributed by atoms with Crippen molar-refractivity contribution in [1.29, 1.82) is 0 Å². The van der Waals surface area contributed by atoms with Gasteiger partial charge in [-0.05, 0) is 12.0 Å². The summed E-state index contributed by atoms with van der Waals surface area (Å²) in [5, 5.41) is 3.95. The molecule has 0 fully saturated rings. The highest BCUT2D eigenvalue weighted by Gasteiger charge is 2.09. The lowest BCUT2D eigenvalue weighted by Crippen LogP contribution is -1.96. The first-order chi connectivity index (χ1) is 8.65. The van der Waals surface area contributed by atoms with Gasteiger partial charge in [0.15, 0.2) is 5.82 Å². The van der Waals surface area contributed by atoms with Gasteiger partial charge in [0, 0.05) is 17.5 Å². The lowest BCUT2D eigenvalue weighted by molar-refractivity contribution is 0.382. The topological polar surface area (TPSA) is 77.8 Å². The van der Waals surface area contributed by atoms with Gasteiger partial charge in [0.1, 0.15) is 0 Å². The van der Waals surface area contributed by atoms with Crippen molar-refractivity contribution in [3.63, 3.8) is 0 Å². The van der Waals surface area contributed by atoms with Gasteiger partial charge in [0.05, 0.1) is 17.6 Å². The first-order valence-corrected chi connectivity index (χ1v) is 6.77. The number of pyridine rings is 1. The smallest absolute Gasteiger partial charge is 0.237 e. The first-order valence-electron chi connectivity index (χ1n) is 5.79. The minimum absolute atomic E-state index is 0.527. The summed E-state index contributed by atoms with van der Waals surface area (Å²) < 4.78 is 5.19. The van der Waals surface area contributed by atoms with Crippen molar-refractivity contribution >= 4 is 17.4 Å². The van der Waals surface area contributed by atoms with Crippen LogP contribution in [-0.4, -0.2) is 15.1 Å². The van der Waals surface area contributed by atoms with Gasteiger partial charge in [-0.3, -0.25) is 4.98 Å². The van der Waals surface area contributed by atoms with Crippen molar-refractivity contribution in [2.75, 3.05) is 5.73 Å². The highest BCUT2D eigenvalue weighted by molar-refractivity contribution is 7.98. The third kappa shape index (κ3) is 3.46. The molecule has 0 atom stereocenters. The van der Waals surface area contributed by atoms with Gasteiger partial charge >= 0.3 is 0 Å². The third-order valence-corrected chi connectivity index (χ3v) is 3.34. The average molecular weight is 264 g/mol. The molecular weight excluding hydrogens is 248 g/mol. The monoisotopic (exact) mass is 264 g/mol. The van der Waals surface area contributed by atoms with Crippen LogP contribution >= 0.6 is 11.8 Å². The largest absolute Gasteiger partial charge is 0.397 e. The zero-order valence-corrected chi connectivity index (χ0v) is 11.3. The second-order valence-corrected chi connectivity index (χ2v) is 5.42. The van der Waals surface area contributed by atoms with E-state index < -0.39 is 0 Å². The molecule has 0 radical (unpaired) electrons. The predicted molar refractivity (Wildman–Crippen MR) is 71.1 cm³/mol. The molecule has 0 aromatic carbocycles. The van der Waals surface area contributed by atoms with E-state index in [1.807, 2.05) is 6.07 Å². The van der Waals surface area contributed by atoms with E-state index in [0.29, 0.717) is 23.2 Å². The van der Waals surface area contributed by atoms with E-state index in [9.17, 15) is 0 Å². The number of nitrogen functional groups attached to an aromatic ring is 1. The molecule has 18 heavy (non-hydrogen) atoms. The molecule has 96 valence electrons. The Hall–Kier alpha value is -1.56. The van der Waals surface area contributed by atoms with E-state index in [0.717, 1.165) is 17.1 Å². The van der Waals surface area contributed by atoms with Gasteiger partial charge in [0.2, 0.25) is 5.89 Å². The van der Waals surface area contributed by atoms with Gasteiger partial charge in [-0.15, -0.1) is 11.8 Å². The second kappa shape index (κ2) is 5.86. The molecule has 0 bridgehead atoms. The molecule has 0 amide bonds. The van der Waals surface area contributed by atoms with Crippen LogP contribution in [0.4, 0.5) is 5.69 Å². The van der Waals surface area contributed by atoms with E-state index in [1.165, 1.54) is 0 Å². The molecule has 2 N–H and O–H groups in total. The standard InChI is InChI=1S/C12H16N4OS/c1-8(2)5-11-15-12(17-16-11)7-18-10-3-4-14-6-9(10)13/h3-4,6,8H,5,7,13H2,1-2H3. The van der Waals surface area contributed by atoms with Crippen LogP contribution in [0.25, 0.3) is 0 Å². The molecule has 0 saturated carbocycles. The highest BCUT2D eigenvalue weighted by atomic mass is 32.2. The summed E-state index contributed by atoms with van der Waals surface area (Å²) in [7, 11) is 0. The summed E-state index contributed by atoms with van der Waals surface area (Å²) in [5.74, 6) is 2.55. The molecule has 6 heteroatoms. The average Bonchev–Trinajstić information content (AvgIpc) is 2.75. The minimum atomic E-state index is 0.527. The van der Waals surface area contributed by atoms with Crippen molar-refractivity contribution in [3.8, 4) is 0 Å². The molecule has 5 nitrogen and oxygen atoms in total. The summed E-state index contributed by atoms with van der Waals surface area (Å²) >= 11 is 1.57. The number of thioether (sulfide) groups is 1. The fourth-order valence-corrected chi connectivity index (χ4v) is 2.23. The number of rotatable bonds is 5. The zero-order chi connectivity index (χ0) is 13.0.